The predicted octanol–water partition coefficient (Wildman–Crippen LogP) is 2.84. The normalized spacial score (nSPS) is 22.1. The smallest absolute Gasteiger partial charge is 0.191 e. The van der Waals surface area contributed by atoms with E-state index in [0.29, 0.717) is 24.5 Å². The first-order valence-corrected chi connectivity index (χ1v) is 7.95. The largest absolute Gasteiger partial charge is 0.352 e. The van der Waals surface area contributed by atoms with E-state index in [-0.39, 0.29) is 29.8 Å². The Morgan fingerprint density at radius 2 is 2.13 bits per heavy atom. The zero-order chi connectivity index (χ0) is 16.1. The topological polar surface area (TPSA) is 39.7 Å². The third kappa shape index (κ3) is 5.91. The van der Waals surface area contributed by atoms with Crippen molar-refractivity contribution in [2.45, 2.75) is 39.4 Å². The molecule has 0 bridgehead atoms. The summed E-state index contributed by atoms with van der Waals surface area (Å²) >= 11 is 0. The van der Waals surface area contributed by atoms with Crippen LogP contribution in [0.5, 0.6) is 0 Å². The number of halogens is 2. The Balaban J connectivity index is 0.00000264. The van der Waals surface area contributed by atoms with Crippen molar-refractivity contribution in [2.75, 3.05) is 20.1 Å². The SMILES string of the molecule is CN=C(NCc1cccc(F)c1)NC1CN(C(C)C)CC1C.I. The van der Waals surface area contributed by atoms with E-state index in [9.17, 15) is 4.39 Å². The number of hydrogen-bond donors (Lipinski definition) is 2. The van der Waals surface area contributed by atoms with E-state index in [0.717, 1.165) is 24.6 Å². The molecule has 1 fully saturated rings. The van der Waals surface area contributed by atoms with Crippen LogP contribution in [0.1, 0.15) is 26.3 Å². The monoisotopic (exact) mass is 434 g/mol. The Labute approximate surface area is 156 Å². The minimum atomic E-state index is -0.209. The molecule has 1 aromatic carbocycles. The van der Waals surface area contributed by atoms with Gasteiger partial charge in [0.25, 0.3) is 0 Å². The Kier molecular flexibility index (Phi) is 8.25. The lowest BCUT2D eigenvalue weighted by molar-refractivity contribution is 0.265. The molecule has 1 aromatic rings. The molecule has 0 saturated carbocycles. The van der Waals surface area contributed by atoms with Crippen LogP contribution in [0, 0.1) is 11.7 Å². The van der Waals surface area contributed by atoms with Crippen LogP contribution in [0.25, 0.3) is 0 Å². The van der Waals surface area contributed by atoms with Gasteiger partial charge >= 0.3 is 0 Å². The summed E-state index contributed by atoms with van der Waals surface area (Å²) in [7, 11) is 1.76. The summed E-state index contributed by atoms with van der Waals surface area (Å²) in [6.45, 7) is 9.42. The van der Waals surface area contributed by atoms with E-state index in [1.807, 2.05) is 6.07 Å². The highest BCUT2D eigenvalue weighted by molar-refractivity contribution is 14.0. The Morgan fingerprint density at radius 3 is 2.70 bits per heavy atom. The van der Waals surface area contributed by atoms with Crippen molar-refractivity contribution in [1.29, 1.82) is 0 Å². The molecule has 4 nitrogen and oxygen atoms in total. The lowest BCUT2D eigenvalue weighted by Crippen LogP contribution is -2.46. The van der Waals surface area contributed by atoms with Gasteiger partial charge in [0.1, 0.15) is 5.82 Å². The molecule has 1 saturated heterocycles. The fourth-order valence-electron chi connectivity index (χ4n) is 2.82. The number of nitrogens with zero attached hydrogens (tertiary/aromatic N) is 2. The Morgan fingerprint density at radius 1 is 1.39 bits per heavy atom. The van der Waals surface area contributed by atoms with E-state index in [1.54, 1.807) is 19.2 Å². The van der Waals surface area contributed by atoms with Gasteiger partial charge in [0.05, 0.1) is 0 Å². The number of benzene rings is 1. The second kappa shape index (κ2) is 9.42. The second-order valence-corrected chi connectivity index (χ2v) is 6.33. The van der Waals surface area contributed by atoms with Crippen molar-refractivity contribution >= 4 is 29.9 Å². The van der Waals surface area contributed by atoms with Crippen LogP contribution in [0.3, 0.4) is 0 Å². The molecule has 2 rings (SSSR count). The highest BCUT2D eigenvalue weighted by Gasteiger charge is 2.31. The first-order chi connectivity index (χ1) is 10.5. The van der Waals surface area contributed by atoms with Crippen LogP contribution >= 0.6 is 24.0 Å². The fourth-order valence-corrected chi connectivity index (χ4v) is 2.82. The summed E-state index contributed by atoms with van der Waals surface area (Å²) in [5, 5.41) is 6.75. The summed E-state index contributed by atoms with van der Waals surface area (Å²) in [5.41, 5.74) is 0.909. The molecular formula is C17H28FIN4. The highest BCUT2D eigenvalue weighted by Crippen LogP contribution is 2.18. The van der Waals surface area contributed by atoms with Crippen molar-refractivity contribution in [3.8, 4) is 0 Å². The molecule has 130 valence electrons. The van der Waals surface area contributed by atoms with Gasteiger partial charge in [-0.1, -0.05) is 19.1 Å². The van der Waals surface area contributed by atoms with Crippen molar-refractivity contribution in [3.63, 3.8) is 0 Å². The molecule has 0 aliphatic carbocycles. The first kappa shape index (κ1) is 20.2. The van der Waals surface area contributed by atoms with Gasteiger partial charge in [-0.25, -0.2) is 4.39 Å². The molecule has 1 aliphatic heterocycles. The summed E-state index contributed by atoms with van der Waals surface area (Å²) in [6, 6.07) is 7.58. The minimum Gasteiger partial charge on any atom is -0.352 e. The van der Waals surface area contributed by atoms with Gasteiger partial charge in [-0.15, -0.1) is 24.0 Å². The van der Waals surface area contributed by atoms with Crippen LogP contribution in [0.4, 0.5) is 4.39 Å². The van der Waals surface area contributed by atoms with Crippen LogP contribution in [-0.2, 0) is 6.54 Å². The lowest BCUT2D eigenvalue weighted by atomic mass is 10.1. The molecule has 0 aromatic heterocycles. The van der Waals surface area contributed by atoms with Crippen LogP contribution in [0.2, 0.25) is 0 Å². The fraction of sp³-hybridized carbons (Fsp3) is 0.588. The van der Waals surface area contributed by atoms with Gasteiger partial charge < -0.3 is 10.6 Å². The number of rotatable bonds is 4. The molecule has 2 atom stereocenters. The molecule has 2 unspecified atom stereocenters. The predicted molar refractivity (Wildman–Crippen MR) is 105 cm³/mol. The van der Waals surface area contributed by atoms with Crippen molar-refractivity contribution in [2.24, 2.45) is 10.9 Å². The number of guanidine groups is 1. The molecule has 0 amide bonds. The average molecular weight is 434 g/mol. The van der Waals surface area contributed by atoms with Crippen molar-refractivity contribution < 1.29 is 4.39 Å². The van der Waals surface area contributed by atoms with Crippen molar-refractivity contribution in [3.05, 3.63) is 35.6 Å². The second-order valence-electron chi connectivity index (χ2n) is 6.33. The zero-order valence-electron chi connectivity index (χ0n) is 14.3. The molecule has 6 heteroatoms. The molecule has 1 aliphatic rings. The molecule has 0 spiro atoms. The van der Waals surface area contributed by atoms with Gasteiger partial charge in [0.2, 0.25) is 0 Å². The Hall–Kier alpha value is -0.890. The third-order valence-electron chi connectivity index (χ3n) is 4.27. The van der Waals surface area contributed by atoms with E-state index >= 15 is 0 Å². The maximum atomic E-state index is 13.2. The number of aliphatic imine (C=N–C) groups is 1. The lowest BCUT2D eigenvalue weighted by Gasteiger charge is -2.22. The zero-order valence-corrected chi connectivity index (χ0v) is 16.7. The van der Waals surface area contributed by atoms with Crippen LogP contribution in [0.15, 0.2) is 29.3 Å². The van der Waals surface area contributed by atoms with E-state index in [1.165, 1.54) is 6.07 Å². The molecule has 0 radical (unpaired) electrons. The van der Waals surface area contributed by atoms with Crippen LogP contribution < -0.4 is 10.6 Å². The van der Waals surface area contributed by atoms with E-state index in [4.69, 9.17) is 0 Å². The average Bonchev–Trinajstić information content (AvgIpc) is 2.85. The Bertz CT molecular complexity index is 521. The summed E-state index contributed by atoms with van der Waals surface area (Å²) in [6.07, 6.45) is 0. The quantitative estimate of drug-likeness (QED) is 0.435. The van der Waals surface area contributed by atoms with Gasteiger partial charge in [0, 0.05) is 38.8 Å². The van der Waals surface area contributed by atoms with E-state index < -0.39 is 0 Å². The first-order valence-electron chi connectivity index (χ1n) is 7.95. The summed E-state index contributed by atoms with van der Waals surface area (Å²) in [5.74, 6) is 1.14. The molecule has 23 heavy (non-hydrogen) atoms. The number of likely N-dealkylation sites (tertiary alicyclic amines) is 1. The highest BCUT2D eigenvalue weighted by atomic mass is 127. The third-order valence-corrected chi connectivity index (χ3v) is 4.27. The van der Waals surface area contributed by atoms with Gasteiger partial charge in [-0.2, -0.15) is 0 Å². The minimum absolute atomic E-state index is 0. The molecular weight excluding hydrogens is 406 g/mol. The maximum Gasteiger partial charge on any atom is 0.191 e. The van der Waals surface area contributed by atoms with Gasteiger partial charge in [0.15, 0.2) is 5.96 Å². The number of hydrogen-bond acceptors (Lipinski definition) is 2. The summed E-state index contributed by atoms with van der Waals surface area (Å²) in [4.78, 5) is 6.75. The van der Waals surface area contributed by atoms with E-state index in [2.05, 4.69) is 41.3 Å². The number of nitrogens with one attached hydrogen (secondary N) is 2. The standard InChI is InChI=1S/C17H27FN4.HI/c1-12(2)22-10-13(3)16(11-22)21-17(19-4)20-9-14-6-5-7-15(18)8-14;/h5-8,12-13,16H,9-11H2,1-4H3,(H2,19,20,21);1H. The van der Waals surface area contributed by atoms with Crippen LogP contribution in [-0.4, -0.2) is 43.1 Å². The van der Waals surface area contributed by atoms with Gasteiger partial charge in [-0.05, 0) is 37.5 Å². The van der Waals surface area contributed by atoms with Crippen molar-refractivity contribution in [1.82, 2.24) is 15.5 Å². The van der Waals surface area contributed by atoms with Gasteiger partial charge in [-0.3, -0.25) is 9.89 Å². The molecule has 1 heterocycles. The maximum absolute atomic E-state index is 13.2. The summed E-state index contributed by atoms with van der Waals surface area (Å²) < 4.78 is 13.2. The molecule has 2 N–H and O–H groups in total.